The molecule has 7 heavy (non-hydrogen) atoms. The summed E-state index contributed by atoms with van der Waals surface area (Å²) < 4.78 is 0.328. The predicted molar refractivity (Wildman–Crippen MR) is 36.8 cm³/mol. The van der Waals surface area contributed by atoms with E-state index in [1.165, 1.54) is 4.99 Å². The zero-order valence-corrected chi connectivity index (χ0v) is 7.05. The van der Waals surface area contributed by atoms with Gasteiger partial charge >= 0.3 is 0 Å². The maximum absolute atomic E-state index is 10.00. The van der Waals surface area contributed by atoms with Gasteiger partial charge in [0.05, 0.1) is 4.48 Å². The summed E-state index contributed by atoms with van der Waals surface area (Å²) in [6.45, 7) is 0. The summed E-state index contributed by atoms with van der Waals surface area (Å²) in [5.41, 5.74) is 0. The van der Waals surface area contributed by atoms with Crippen LogP contribution in [0.25, 0.3) is 0 Å². The average molecular weight is 248 g/mol. The molecule has 0 unspecified atom stereocenters. The number of carbonyl (C=O) groups is 1. The molecule has 0 atom stereocenters. The molecule has 1 nitrogen and oxygen atoms in total. The summed E-state index contributed by atoms with van der Waals surface area (Å²) in [5.74, 6) is 0. The smallest absolute Gasteiger partial charge is 0.259 e. The summed E-state index contributed by atoms with van der Waals surface area (Å²) in [6.07, 6.45) is 0. The second kappa shape index (κ2) is 3.64. The van der Waals surface area contributed by atoms with Gasteiger partial charge in [-0.3, -0.25) is 4.79 Å². The zero-order valence-electron chi connectivity index (χ0n) is 3.12. The highest BCUT2D eigenvalue weighted by Crippen LogP contribution is 2.10. The first kappa shape index (κ1) is 7.66. The fraction of sp³-hybridized carbons (Fsp3) is 0. The van der Waals surface area contributed by atoms with E-state index in [9.17, 15) is 4.79 Å². The number of rotatable bonds is 1. The summed E-state index contributed by atoms with van der Waals surface area (Å²) in [6, 6.07) is 0. The van der Waals surface area contributed by atoms with Crippen LogP contribution in [0.3, 0.4) is 0 Å². The number of allylic oxidation sites excluding steroid dienone is 1. The molecule has 0 bridgehead atoms. The first-order chi connectivity index (χ1) is 3.18. The zero-order chi connectivity index (χ0) is 5.86. The van der Waals surface area contributed by atoms with Crippen LogP contribution in [0.1, 0.15) is 0 Å². The van der Waals surface area contributed by atoms with E-state index in [2.05, 4.69) is 31.9 Å². The van der Waals surface area contributed by atoms with Crippen molar-refractivity contribution < 1.29 is 4.79 Å². The van der Waals surface area contributed by atoms with Gasteiger partial charge in [0.25, 0.3) is 5.24 Å². The standard InChI is InChI=1S/C3HBr2ClO/c4-1-2(5)3(6)7/h1H/b2-1-. The molecular weight excluding hydrogens is 247 g/mol. The van der Waals surface area contributed by atoms with E-state index >= 15 is 0 Å². The molecule has 40 valence electrons. The lowest BCUT2D eigenvalue weighted by atomic mass is 10.7. The van der Waals surface area contributed by atoms with E-state index in [0.29, 0.717) is 4.48 Å². The first-order valence-electron chi connectivity index (χ1n) is 1.34. The minimum atomic E-state index is -0.503. The lowest BCUT2D eigenvalue weighted by molar-refractivity contribution is -0.107. The van der Waals surface area contributed by atoms with E-state index in [1.54, 1.807) is 0 Å². The van der Waals surface area contributed by atoms with Gasteiger partial charge in [0.1, 0.15) is 0 Å². The fourth-order valence-electron chi connectivity index (χ4n) is 0.0429. The van der Waals surface area contributed by atoms with Crippen LogP contribution < -0.4 is 0 Å². The second-order valence-corrected chi connectivity index (χ2v) is 2.39. The molecule has 0 aliphatic rings. The minimum Gasteiger partial charge on any atom is -0.275 e. The summed E-state index contributed by atoms with van der Waals surface area (Å²) in [4.78, 5) is 11.4. The highest BCUT2D eigenvalue weighted by atomic mass is 79.9. The van der Waals surface area contributed by atoms with Crippen molar-refractivity contribution in [2.75, 3.05) is 0 Å². The summed E-state index contributed by atoms with van der Waals surface area (Å²) in [5, 5.41) is -0.503. The van der Waals surface area contributed by atoms with Gasteiger partial charge in [-0.15, -0.1) is 0 Å². The molecule has 0 aromatic rings. The van der Waals surface area contributed by atoms with Crippen molar-refractivity contribution in [3.8, 4) is 0 Å². The molecule has 0 amide bonds. The van der Waals surface area contributed by atoms with Gasteiger partial charge in [-0.2, -0.15) is 0 Å². The van der Waals surface area contributed by atoms with Crippen molar-refractivity contribution in [1.29, 1.82) is 0 Å². The molecule has 0 fully saturated rings. The van der Waals surface area contributed by atoms with Crippen molar-refractivity contribution in [3.63, 3.8) is 0 Å². The predicted octanol–water partition coefficient (Wildman–Crippen LogP) is 2.38. The Morgan fingerprint density at radius 3 is 2.14 bits per heavy atom. The highest BCUT2D eigenvalue weighted by molar-refractivity contribution is 9.14. The number of halogens is 3. The van der Waals surface area contributed by atoms with Gasteiger partial charge in [0.15, 0.2) is 0 Å². The molecular formula is C3HBr2ClO. The van der Waals surface area contributed by atoms with Crippen LogP contribution in [0.2, 0.25) is 0 Å². The Morgan fingerprint density at radius 1 is 1.71 bits per heavy atom. The number of hydrogen-bond acceptors (Lipinski definition) is 1. The maximum Gasteiger partial charge on any atom is 0.259 e. The largest absolute Gasteiger partial charge is 0.275 e. The summed E-state index contributed by atoms with van der Waals surface area (Å²) in [7, 11) is 0. The average Bonchev–Trinajstić information content (AvgIpc) is 1.65. The third-order valence-electron chi connectivity index (χ3n) is 0.284. The van der Waals surface area contributed by atoms with Gasteiger partial charge in [-0.1, -0.05) is 15.9 Å². The van der Waals surface area contributed by atoms with Crippen LogP contribution in [0.15, 0.2) is 9.47 Å². The Hall–Kier alpha value is 0.660. The first-order valence-corrected chi connectivity index (χ1v) is 3.43. The van der Waals surface area contributed by atoms with E-state index in [1.807, 2.05) is 0 Å². The van der Waals surface area contributed by atoms with Crippen molar-refractivity contribution in [1.82, 2.24) is 0 Å². The van der Waals surface area contributed by atoms with E-state index in [4.69, 9.17) is 11.6 Å². The quantitative estimate of drug-likeness (QED) is 0.514. The molecule has 0 aromatic heterocycles. The van der Waals surface area contributed by atoms with Gasteiger partial charge in [-0.05, 0) is 27.5 Å². The van der Waals surface area contributed by atoms with Crippen LogP contribution in [0, 0.1) is 0 Å². The molecule has 0 saturated carbocycles. The number of carbonyl (C=O) groups excluding carboxylic acids is 1. The molecule has 0 aliphatic heterocycles. The second-order valence-electron chi connectivity index (χ2n) is 0.731. The van der Waals surface area contributed by atoms with Crippen LogP contribution >= 0.6 is 43.5 Å². The summed E-state index contributed by atoms with van der Waals surface area (Å²) >= 11 is 10.7. The van der Waals surface area contributed by atoms with Gasteiger partial charge < -0.3 is 0 Å². The molecule has 4 heteroatoms. The Bertz CT molecular complexity index is 110. The molecule has 0 saturated heterocycles. The van der Waals surface area contributed by atoms with Gasteiger partial charge in [-0.25, -0.2) is 0 Å². The maximum atomic E-state index is 10.00. The lowest BCUT2D eigenvalue weighted by Crippen LogP contribution is -1.79. The van der Waals surface area contributed by atoms with Crippen molar-refractivity contribution in [3.05, 3.63) is 9.47 Å². The van der Waals surface area contributed by atoms with Gasteiger partial charge in [0.2, 0.25) is 0 Å². The Labute approximate surface area is 63.0 Å². The fourth-order valence-corrected chi connectivity index (χ4v) is 0.437. The Morgan fingerprint density at radius 2 is 2.14 bits per heavy atom. The molecule has 0 radical (unpaired) electrons. The van der Waals surface area contributed by atoms with Crippen molar-refractivity contribution >= 4 is 48.7 Å². The molecule has 0 spiro atoms. The molecule has 0 N–H and O–H groups in total. The van der Waals surface area contributed by atoms with Crippen LogP contribution in [-0.2, 0) is 4.79 Å². The number of hydrogen-bond donors (Lipinski definition) is 0. The third-order valence-corrected chi connectivity index (χ3v) is 2.38. The SMILES string of the molecule is O=C(Cl)/C(Br)=C/Br. The van der Waals surface area contributed by atoms with E-state index in [-0.39, 0.29) is 0 Å². The Balaban J connectivity index is 3.82. The lowest BCUT2D eigenvalue weighted by Gasteiger charge is -1.78. The molecule has 0 aromatic carbocycles. The molecule has 0 rings (SSSR count). The van der Waals surface area contributed by atoms with Crippen molar-refractivity contribution in [2.45, 2.75) is 0 Å². The van der Waals surface area contributed by atoms with E-state index in [0.717, 1.165) is 0 Å². The molecule has 0 heterocycles. The normalized spacial score (nSPS) is 11.6. The molecule has 0 aliphatic carbocycles. The van der Waals surface area contributed by atoms with Crippen molar-refractivity contribution in [2.24, 2.45) is 0 Å². The van der Waals surface area contributed by atoms with Crippen LogP contribution in [0.4, 0.5) is 0 Å². The highest BCUT2D eigenvalue weighted by Gasteiger charge is 1.96. The van der Waals surface area contributed by atoms with E-state index < -0.39 is 5.24 Å². The monoisotopic (exact) mass is 246 g/mol. The van der Waals surface area contributed by atoms with Crippen LogP contribution in [0.5, 0.6) is 0 Å². The van der Waals surface area contributed by atoms with Gasteiger partial charge in [0, 0.05) is 4.99 Å². The Kier molecular flexibility index (Phi) is 3.98. The van der Waals surface area contributed by atoms with Crippen LogP contribution in [-0.4, -0.2) is 5.24 Å². The third kappa shape index (κ3) is 3.26. The topological polar surface area (TPSA) is 17.1 Å². The minimum absolute atomic E-state index is 0.328.